The van der Waals surface area contributed by atoms with Gasteiger partial charge < -0.3 is 20.1 Å². The highest BCUT2D eigenvalue weighted by Crippen LogP contribution is 2.39. The van der Waals surface area contributed by atoms with Crippen molar-refractivity contribution < 1.29 is 14.6 Å². The number of aliphatic hydroxyl groups is 1. The predicted octanol–water partition coefficient (Wildman–Crippen LogP) is 3.72. The minimum atomic E-state index is -0.270. The number of aromatic nitrogens is 3. The lowest BCUT2D eigenvalue weighted by Crippen LogP contribution is -2.27. The van der Waals surface area contributed by atoms with Crippen LogP contribution >= 0.6 is 0 Å². The Morgan fingerprint density at radius 2 is 2.03 bits per heavy atom. The highest BCUT2D eigenvalue weighted by molar-refractivity contribution is 5.95. The first kappa shape index (κ1) is 22.3. The number of ether oxygens (including phenoxy) is 1. The Labute approximate surface area is 199 Å². The molecule has 0 bridgehead atoms. The quantitative estimate of drug-likeness (QED) is 0.579. The lowest BCUT2D eigenvalue weighted by Gasteiger charge is -2.22. The Kier molecular flexibility index (Phi) is 5.91. The number of benzene rings is 1. The average Bonchev–Trinajstić information content (AvgIpc) is 3.53. The van der Waals surface area contributed by atoms with Gasteiger partial charge in [0, 0.05) is 47.7 Å². The molecule has 3 aromatic rings. The molecule has 1 aliphatic carbocycles. The van der Waals surface area contributed by atoms with Gasteiger partial charge in [-0.25, -0.2) is 9.97 Å². The maximum atomic E-state index is 12.7. The fourth-order valence-corrected chi connectivity index (χ4v) is 4.78. The van der Waals surface area contributed by atoms with Gasteiger partial charge in [-0.3, -0.25) is 9.78 Å². The van der Waals surface area contributed by atoms with Gasteiger partial charge in [-0.15, -0.1) is 0 Å². The first-order valence-electron chi connectivity index (χ1n) is 11.7. The van der Waals surface area contributed by atoms with E-state index in [2.05, 4.69) is 33.3 Å². The lowest BCUT2D eigenvalue weighted by molar-refractivity contribution is 0.0792. The summed E-state index contributed by atoms with van der Waals surface area (Å²) < 4.78 is 5.55. The molecule has 1 fully saturated rings. The molecule has 2 aromatic heterocycles. The van der Waals surface area contributed by atoms with Crippen molar-refractivity contribution in [3.63, 3.8) is 0 Å². The average molecular weight is 460 g/mol. The van der Waals surface area contributed by atoms with E-state index >= 15 is 0 Å². The Morgan fingerprint density at radius 1 is 1.21 bits per heavy atom. The van der Waals surface area contributed by atoms with Crippen molar-refractivity contribution in [1.29, 1.82) is 0 Å². The van der Waals surface area contributed by atoms with E-state index in [0.29, 0.717) is 22.9 Å². The maximum Gasteiger partial charge on any atom is 0.253 e. The summed E-state index contributed by atoms with van der Waals surface area (Å²) in [6.45, 7) is 3.77. The van der Waals surface area contributed by atoms with Gasteiger partial charge in [0.15, 0.2) is 0 Å². The van der Waals surface area contributed by atoms with Crippen LogP contribution in [0.5, 0.6) is 5.75 Å². The molecule has 1 aromatic carbocycles. The molecule has 1 saturated heterocycles. The van der Waals surface area contributed by atoms with Crippen LogP contribution in [0.2, 0.25) is 0 Å². The number of pyridine rings is 1. The number of rotatable bonds is 6. The van der Waals surface area contributed by atoms with Gasteiger partial charge in [0.05, 0.1) is 25.1 Å². The summed E-state index contributed by atoms with van der Waals surface area (Å²) >= 11 is 0. The zero-order valence-electron chi connectivity index (χ0n) is 19.5. The first-order valence-corrected chi connectivity index (χ1v) is 11.7. The van der Waals surface area contributed by atoms with Crippen molar-refractivity contribution in [3.8, 4) is 17.0 Å². The number of nitrogens with one attached hydrogen (secondary N) is 1. The molecule has 2 N–H and O–H groups in total. The fraction of sp³-hybridized carbons (Fsp3) is 0.385. The molecule has 2 aliphatic rings. The molecule has 0 saturated carbocycles. The number of fused-ring (bicyclic) bond motifs is 1. The fourth-order valence-electron chi connectivity index (χ4n) is 4.78. The van der Waals surface area contributed by atoms with Crippen LogP contribution in [0.1, 0.15) is 47.8 Å². The number of likely N-dealkylation sites (tertiary alicyclic amines) is 1. The number of methoxy groups -OCH3 is 1. The Morgan fingerprint density at radius 3 is 2.79 bits per heavy atom. The van der Waals surface area contributed by atoms with Crippen molar-refractivity contribution in [2.24, 2.45) is 0 Å². The summed E-state index contributed by atoms with van der Waals surface area (Å²) in [5.41, 5.74) is 4.76. The van der Waals surface area contributed by atoms with Crippen LogP contribution in [0.3, 0.4) is 0 Å². The maximum absolute atomic E-state index is 12.7. The number of hydrogen-bond donors (Lipinski definition) is 2. The number of hydrogen-bond acceptors (Lipinski definition) is 7. The molecule has 5 rings (SSSR count). The highest BCUT2D eigenvalue weighted by atomic mass is 16.5. The standard InChI is InChI=1S/C26H29N5O3/c1-26(16-32)9-7-21-19(26)13-18(15-28-21)20-8-10-27-25(29-20)30-22-6-5-17(14-23(22)34-2)24(33)31-11-3-4-12-31/h5-6,8,10,13-15,32H,3-4,7,9,11-12,16H2,1-2H3,(H,27,29,30). The van der Waals surface area contributed by atoms with E-state index in [1.165, 1.54) is 0 Å². The predicted molar refractivity (Wildman–Crippen MR) is 129 cm³/mol. The monoisotopic (exact) mass is 459 g/mol. The van der Waals surface area contributed by atoms with Gasteiger partial charge in [-0.05, 0) is 61.6 Å². The second kappa shape index (κ2) is 9.02. The lowest BCUT2D eigenvalue weighted by atomic mass is 9.85. The van der Waals surface area contributed by atoms with Crippen LogP contribution in [0.25, 0.3) is 11.3 Å². The molecular formula is C26H29N5O3. The van der Waals surface area contributed by atoms with Gasteiger partial charge in [0.25, 0.3) is 5.91 Å². The molecule has 34 heavy (non-hydrogen) atoms. The Hall–Kier alpha value is -3.52. The summed E-state index contributed by atoms with van der Waals surface area (Å²) in [6, 6.07) is 9.30. The number of amides is 1. The third-order valence-electron chi connectivity index (χ3n) is 6.92. The molecule has 3 heterocycles. The molecule has 8 nitrogen and oxygen atoms in total. The van der Waals surface area contributed by atoms with E-state index in [0.717, 1.165) is 61.3 Å². The van der Waals surface area contributed by atoms with Crippen LogP contribution in [0, 0.1) is 0 Å². The van der Waals surface area contributed by atoms with Crippen LogP contribution in [-0.4, -0.2) is 57.7 Å². The minimum absolute atomic E-state index is 0.0274. The third kappa shape index (κ3) is 4.09. The van der Waals surface area contributed by atoms with E-state index in [9.17, 15) is 9.90 Å². The van der Waals surface area contributed by atoms with E-state index in [1.807, 2.05) is 23.2 Å². The van der Waals surface area contributed by atoms with Crippen molar-refractivity contribution in [2.75, 3.05) is 32.1 Å². The largest absolute Gasteiger partial charge is 0.495 e. The van der Waals surface area contributed by atoms with Crippen molar-refractivity contribution >= 4 is 17.5 Å². The molecule has 1 atom stereocenters. The molecule has 8 heteroatoms. The molecular weight excluding hydrogens is 430 g/mol. The molecule has 1 unspecified atom stereocenters. The van der Waals surface area contributed by atoms with E-state index in [-0.39, 0.29) is 17.9 Å². The van der Waals surface area contributed by atoms with Gasteiger partial charge in [0.1, 0.15) is 5.75 Å². The Bertz CT molecular complexity index is 1220. The second-order valence-electron chi connectivity index (χ2n) is 9.24. The zero-order chi connectivity index (χ0) is 23.7. The number of aryl methyl sites for hydroxylation is 1. The first-order chi connectivity index (χ1) is 16.5. The van der Waals surface area contributed by atoms with Gasteiger partial charge in [-0.2, -0.15) is 0 Å². The minimum Gasteiger partial charge on any atom is -0.495 e. The topological polar surface area (TPSA) is 100 Å². The number of nitrogens with zero attached hydrogens (tertiary/aromatic N) is 4. The van der Waals surface area contributed by atoms with Crippen LogP contribution in [0.15, 0.2) is 42.7 Å². The van der Waals surface area contributed by atoms with E-state index in [1.54, 1.807) is 25.4 Å². The highest BCUT2D eigenvalue weighted by Gasteiger charge is 2.35. The van der Waals surface area contributed by atoms with E-state index in [4.69, 9.17) is 4.74 Å². The van der Waals surface area contributed by atoms with Gasteiger partial charge in [-0.1, -0.05) is 6.92 Å². The van der Waals surface area contributed by atoms with Crippen LogP contribution < -0.4 is 10.1 Å². The normalized spacial score (nSPS) is 19.2. The van der Waals surface area contributed by atoms with Gasteiger partial charge >= 0.3 is 0 Å². The smallest absolute Gasteiger partial charge is 0.253 e. The molecule has 0 spiro atoms. The summed E-state index contributed by atoms with van der Waals surface area (Å²) in [7, 11) is 1.58. The number of carbonyl (C=O) groups is 1. The second-order valence-corrected chi connectivity index (χ2v) is 9.24. The summed E-state index contributed by atoms with van der Waals surface area (Å²) in [4.78, 5) is 28.3. The van der Waals surface area contributed by atoms with Crippen LogP contribution in [-0.2, 0) is 11.8 Å². The Balaban J connectivity index is 1.40. The summed E-state index contributed by atoms with van der Waals surface area (Å²) in [6.07, 6.45) is 7.39. The molecule has 1 amide bonds. The van der Waals surface area contributed by atoms with Crippen LogP contribution in [0.4, 0.5) is 11.6 Å². The molecule has 1 aliphatic heterocycles. The van der Waals surface area contributed by atoms with Crippen molar-refractivity contribution in [1.82, 2.24) is 19.9 Å². The van der Waals surface area contributed by atoms with Crippen molar-refractivity contribution in [2.45, 2.75) is 38.0 Å². The molecule has 0 radical (unpaired) electrons. The SMILES string of the molecule is COc1cc(C(=O)N2CCCC2)ccc1Nc1nccc(-c2cnc3c(c2)C(C)(CO)CC3)n1. The van der Waals surface area contributed by atoms with E-state index < -0.39 is 0 Å². The number of anilines is 2. The number of aliphatic hydroxyl groups excluding tert-OH is 1. The zero-order valence-corrected chi connectivity index (χ0v) is 19.5. The molecule has 176 valence electrons. The van der Waals surface area contributed by atoms with Crippen molar-refractivity contribution in [3.05, 3.63) is 59.5 Å². The number of carbonyl (C=O) groups excluding carboxylic acids is 1. The summed E-state index contributed by atoms with van der Waals surface area (Å²) in [5.74, 6) is 0.997. The third-order valence-corrected chi connectivity index (χ3v) is 6.92. The van der Waals surface area contributed by atoms with Gasteiger partial charge in [0.2, 0.25) is 5.95 Å². The summed E-state index contributed by atoms with van der Waals surface area (Å²) in [5, 5.41) is 13.1.